The van der Waals surface area contributed by atoms with Gasteiger partial charge in [0, 0.05) is 17.6 Å². The number of nitrogens with zero attached hydrogens (tertiary/aromatic N) is 1. The lowest BCUT2D eigenvalue weighted by atomic mass is 10.0. The second kappa shape index (κ2) is 7.15. The van der Waals surface area contributed by atoms with E-state index in [1.54, 1.807) is 0 Å². The fourth-order valence-electron chi connectivity index (χ4n) is 2.52. The van der Waals surface area contributed by atoms with E-state index in [0.717, 1.165) is 29.2 Å². The minimum atomic E-state index is 0.807. The fourth-order valence-corrected chi connectivity index (χ4v) is 2.90. The van der Waals surface area contributed by atoms with E-state index in [1.165, 1.54) is 32.5 Å². The van der Waals surface area contributed by atoms with Crippen LogP contribution in [0.2, 0.25) is 0 Å². The van der Waals surface area contributed by atoms with Gasteiger partial charge in [-0.05, 0) is 49.9 Å². The van der Waals surface area contributed by atoms with Gasteiger partial charge in [-0.25, -0.2) is 0 Å². The van der Waals surface area contributed by atoms with Crippen molar-refractivity contribution in [3.05, 3.63) is 28.7 Å². The Hall–Kier alpha value is -0.540. The Morgan fingerprint density at radius 2 is 2.33 bits per heavy atom. The number of likely N-dealkylation sites (tertiary alicyclic amines) is 1. The molecule has 1 aromatic rings. The van der Waals surface area contributed by atoms with Crippen LogP contribution in [0.3, 0.4) is 0 Å². The van der Waals surface area contributed by atoms with Gasteiger partial charge in [0.25, 0.3) is 0 Å². The van der Waals surface area contributed by atoms with Gasteiger partial charge in [-0.1, -0.05) is 28.9 Å². The second-order valence-corrected chi connectivity index (χ2v) is 6.12. The van der Waals surface area contributed by atoms with Crippen LogP contribution >= 0.6 is 15.9 Å². The molecule has 0 unspecified atom stereocenters. The Kier molecular flexibility index (Phi) is 5.51. The maximum absolute atomic E-state index is 5.75. The second-order valence-electron chi connectivity index (χ2n) is 5.21. The van der Waals surface area contributed by atoms with E-state index in [4.69, 9.17) is 4.74 Å². The lowest BCUT2D eigenvalue weighted by molar-refractivity contribution is 0.170. The Labute approximate surface area is 118 Å². The minimum Gasteiger partial charge on any atom is -0.494 e. The van der Waals surface area contributed by atoms with Crippen LogP contribution in [-0.2, 0) is 0 Å². The zero-order chi connectivity index (χ0) is 12.8. The van der Waals surface area contributed by atoms with Crippen molar-refractivity contribution in [2.24, 2.45) is 5.92 Å². The van der Waals surface area contributed by atoms with E-state index in [1.807, 2.05) is 24.3 Å². The summed E-state index contributed by atoms with van der Waals surface area (Å²) in [6, 6.07) is 8.05. The molecule has 3 heteroatoms. The van der Waals surface area contributed by atoms with Crippen molar-refractivity contribution in [3.8, 4) is 5.75 Å². The highest BCUT2D eigenvalue weighted by molar-refractivity contribution is 9.10. The predicted octanol–water partition coefficient (Wildman–Crippen LogP) is 3.95. The van der Waals surface area contributed by atoms with Crippen molar-refractivity contribution in [2.45, 2.75) is 26.2 Å². The molecule has 1 fully saturated rings. The van der Waals surface area contributed by atoms with Crippen LogP contribution in [0.25, 0.3) is 0 Å². The summed E-state index contributed by atoms with van der Waals surface area (Å²) < 4.78 is 6.82. The number of hydrogen-bond acceptors (Lipinski definition) is 2. The molecule has 0 aliphatic carbocycles. The van der Waals surface area contributed by atoms with Gasteiger partial charge in [0.1, 0.15) is 5.75 Å². The Morgan fingerprint density at radius 3 is 3.11 bits per heavy atom. The molecule has 18 heavy (non-hydrogen) atoms. The van der Waals surface area contributed by atoms with Crippen molar-refractivity contribution in [1.82, 2.24) is 4.90 Å². The van der Waals surface area contributed by atoms with Gasteiger partial charge in [0.05, 0.1) is 6.61 Å². The summed E-state index contributed by atoms with van der Waals surface area (Å²) in [5, 5.41) is 0. The molecule has 1 saturated heterocycles. The molecule has 1 heterocycles. The van der Waals surface area contributed by atoms with E-state index in [-0.39, 0.29) is 0 Å². The average molecular weight is 312 g/mol. The van der Waals surface area contributed by atoms with E-state index in [0.29, 0.717) is 0 Å². The normalized spacial score (nSPS) is 20.9. The molecule has 0 amide bonds. The Morgan fingerprint density at radius 1 is 1.44 bits per heavy atom. The highest BCUT2D eigenvalue weighted by Gasteiger charge is 2.15. The van der Waals surface area contributed by atoms with Gasteiger partial charge < -0.3 is 9.64 Å². The SMILES string of the molecule is C[C@H]1CCCN(CCCOc2cccc(Br)c2)C1. The van der Waals surface area contributed by atoms with E-state index < -0.39 is 0 Å². The third-order valence-electron chi connectivity index (χ3n) is 3.42. The standard InChI is InChI=1S/C15H22BrNO/c1-13-5-3-8-17(12-13)9-4-10-18-15-7-2-6-14(16)11-15/h2,6-7,11,13H,3-5,8-10,12H2,1H3/t13-/m0/s1. The first-order chi connectivity index (χ1) is 8.74. The first kappa shape index (κ1) is 13.9. The number of benzene rings is 1. The highest BCUT2D eigenvalue weighted by Crippen LogP contribution is 2.18. The van der Waals surface area contributed by atoms with E-state index in [2.05, 4.69) is 27.8 Å². The van der Waals surface area contributed by atoms with Gasteiger partial charge in [0.15, 0.2) is 0 Å². The minimum absolute atomic E-state index is 0.807. The topological polar surface area (TPSA) is 12.5 Å². The molecule has 1 aliphatic rings. The summed E-state index contributed by atoms with van der Waals surface area (Å²) >= 11 is 3.45. The van der Waals surface area contributed by atoms with E-state index in [9.17, 15) is 0 Å². The molecule has 100 valence electrons. The number of piperidine rings is 1. The van der Waals surface area contributed by atoms with Crippen molar-refractivity contribution in [2.75, 3.05) is 26.2 Å². The highest BCUT2D eigenvalue weighted by atomic mass is 79.9. The van der Waals surface area contributed by atoms with Crippen LogP contribution in [0, 0.1) is 5.92 Å². The van der Waals surface area contributed by atoms with Crippen molar-refractivity contribution < 1.29 is 4.74 Å². The van der Waals surface area contributed by atoms with Gasteiger partial charge >= 0.3 is 0 Å². The molecule has 0 aromatic heterocycles. The zero-order valence-corrected chi connectivity index (χ0v) is 12.7. The third-order valence-corrected chi connectivity index (χ3v) is 3.92. The van der Waals surface area contributed by atoms with Crippen LogP contribution < -0.4 is 4.74 Å². The van der Waals surface area contributed by atoms with Gasteiger partial charge in [0.2, 0.25) is 0 Å². The summed E-state index contributed by atoms with van der Waals surface area (Å²) in [7, 11) is 0. The molecule has 1 aromatic carbocycles. The first-order valence-electron chi connectivity index (χ1n) is 6.85. The lowest BCUT2D eigenvalue weighted by Gasteiger charge is -2.30. The summed E-state index contributed by atoms with van der Waals surface area (Å²) in [5.41, 5.74) is 0. The summed E-state index contributed by atoms with van der Waals surface area (Å²) in [6.45, 7) is 6.85. The fraction of sp³-hybridized carbons (Fsp3) is 0.600. The lowest BCUT2D eigenvalue weighted by Crippen LogP contribution is -2.35. The van der Waals surface area contributed by atoms with Gasteiger partial charge in [-0.15, -0.1) is 0 Å². The molecule has 2 rings (SSSR count). The molecule has 0 saturated carbocycles. The summed E-state index contributed by atoms with van der Waals surface area (Å²) in [6.07, 6.45) is 3.86. The van der Waals surface area contributed by atoms with E-state index >= 15 is 0 Å². The predicted molar refractivity (Wildman–Crippen MR) is 79.1 cm³/mol. The molecular formula is C15H22BrNO. The van der Waals surface area contributed by atoms with Crippen LogP contribution in [0.1, 0.15) is 26.2 Å². The zero-order valence-electron chi connectivity index (χ0n) is 11.1. The van der Waals surface area contributed by atoms with Crippen LogP contribution in [0.4, 0.5) is 0 Å². The average Bonchev–Trinajstić information content (AvgIpc) is 2.35. The van der Waals surface area contributed by atoms with Crippen LogP contribution in [0.15, 0.2) is 28.7 Å². The van der Waals surface area contributed by atoms with Crippen LogP contribution in [0.5, 0.6) is 5.75 Å². The molecule has 2 nitrogen and oxygen atoms in total. The molecule has 1 atom stereocenters. The first-order valence-corrected chi connectivity index (χ1v) is 7.64. The van der Waals surface area contributed by atoms with Gasteiger partial charge in [-0.2, -0.15) is 0 Å². The number of ether oxygens (including phenoxy) is 1. The molecule has 0 spiro atoms. The number of rotatable bonds is 5. The quantitative estimate of drug-likeness (QED) is 0.763. The Balaban J connectivity index is 1.64. The van der Waals surface area contributed by atoms with Crippen molar-refractivity contribution in [3.63, 3.8) is 0 Å². The number of hydrogen-bond donors (Lipinski definition) is 0. The Bertz CT molecular complexity index is 369. The molecule has 1 aliphatic heterocycles. The van der Waals surface area contributed by atoms with Crippen molar-refractivity contribution >= 4 is 15.9 Å². The number of halogens is 1. The molecule has 0 N–H and O–H groups in total. The van der Waals surface area contributed by atoms with Gasteiger partial charge in [-0.3, -0.25) is 0 Å². The van der Waals surface area contributed by atoms with Crippen molar-refractivity contribution in [1.29, 1.82) is 0 Å². The molecular weight excluding hydrogens is 290 g/mol. The summed E-state index contributed by atoms with van der Waals surface area (Å²) in [4.78, 5) is 2.57. The third kappa shape index (κ3) is 4.62. The largest absolute Gasteiger partial charge is 0.494 e. The van der Waals surface area contributed by atoms with Crippen LogP contribution in [-0.4, -0.2) is 31.1 Å². The maximum Gasteiger partial charge on any atom is 0.120 e. The molecule has 0 radical (unpaired) electrons. The smallest absolute Gasteiger partial charge is 0.120 e. The summed E-state index contributed by atoms with van der Waals surface area (Å²) in [5.74, 6) is 1.82. The molecule has 0 bridgehead atoms. The maximum atomic E-state index is 5.75. The monoisotopic (exact) mass is 311 g/mol.